The predicted octanol–water partition coefficient (Wildman–Crippen LogP) is 1.36. The van der Waals surface area contributed by atoms with E-state index < -0.39 is 11.9 Å². The molecule has 2 aromatic rings. The molecule has 0 saturated heterocycles. The molecule has 8 heteroatoms. The molecular weight excluding hydrogens is 276 g/mol. The van der Waals surface area contributed by atoms with Crippen molar-refractivity contribution in [1.29, 1.82) is 0 Å². The zero-order valence-corrected chi connectivity index (χ0v) is 11.8. The fraction of sp³-hybridized carbons (Fsp3) is 0.462. The largest absolute Gasteiger partial charge is 0.481 e. The van der Waals surface area contributed by atoms with E-state index in [0.717, 1.165) is 0 Å². The molecule has 21 heavy (non-hydrogen) atoms. The molecule has 1 aliphatic carbocycles. The summed E-state index contributed by atoms with van der Waals surface area (Å²) in [5.41, 5.74) is 0.0532. The first kappa shape index (κ1) is 13.5. The molecule has 2 unspecified atom stereocenters. The van der Waals surface area contributed by atoms with Crippen LogP contribution < -0.4 is 4.74 Å². The SMILES string of the molecule is COc1ccc(-c2noc(C3C(C(=O)O)C3(C)C)n2)nn1. The number of aromatic nitrogens is 4. The molecular formula is C13H14N4O4. The number of hydrogen-bond acceptors (Lipinski definition) is 7. The van der Waals surface area contributed by atoms with E-state index in [2.05, 4.69) is 20.3 Å². The number of rotatable bonds is 4. The second-order valence-corrected chi connectivity index (χ2v) is 5.53. The lowest BCUT2D eigenvalue weighted by molar-refractivity contribution is -0.139. The summed E-state index contributed by atoms with van der Waals surface area (Å²) in [6, 6.07) is 3.30. The third kappa shape index (κ3) is 2.12. The number of aliphatic carboxylic acids is 1. The lowest BCUT2D eigenvalue weighted by atomic mass is 10.1. The molecule has 8 nitrogen and oxygen atoms in total. The van der Waals surface area contributed by atoms with E-state index in [0.29, 0.717) is 17.5 Å². The summed E-state index contributed by atoms with van der Waals surface area (Å²) >= 11 is 0. The molecule has 0 spiro atoms. The maximum atomic E-state index is 11.2. The Morgan fingerprint density at radius 1 is 1.38 bits per heavy atom. The van der Waals surface area contributed by atoms with Gasteiger partial charge in [0, 0.05) is 6.07 Å². The van der Waals surface area contributed by atoms with Crippen LogP contribution in [0.5, 0.6) is 5.88 Å². The lowest BCUT2D eigenvalue weighted by Gasteiger charge is -1.97. The van der Waals surface area contributed by atoms with Gasteiger partial charge < -0.3 is 14.4 Å². The van der Waals surface area contributed by atoms with Gasteiger partial charge in [-0.1, -0.05) is 19.0 Å². The van der Waals surface area contributed by atoms with Crippen molar-refractivity contribution in [2.75, 3.05) is 7.11 Å². The van der Waals surface area contributed by atoms with E-state index in [4.69, 9.17) is 9.26 Å². The first-order chi connectivity index (χ1) is 9.95. The number of nitrogens with zero attached hydrogens (tertiary/aromatic N) is 4. The van der Waals surface area contributed by atoms with Gasteiger partial charge in [-0.3, -0.25) is 4.79 Å². The average Bonchev–Trinajstić information content (AvgIpc) is 2.84. The van der Waals surface area contributed by atoms with Crippen molar-refractivity contribution in [2.24, 2.45) is 11.3 Å². The van der Waals surface area contributed by atoms with Crippen LogP contribution in [0, 0.1) is 11.3 Å². The predicted molar refractivity (Wildman–Crippen MR) is 69.5 cm³/mol. The van der Waals surface area contributed by atoms with Gasteiger partial charge in [-0.05, 0) is 11.5 Å². The third-order valence-corrected chi connectivity index (χ3v) is 3.88. The highest BCUT2D eigenvalue weighted by Gasteiger charge is 2.65. The third-order valence-electron chi connectivity index (χ3n) is 3.88. The first-order valence-electron chi connectivity index (χ1n) is 6.39. The van der Waals surface area contributed by atoms with Gasteiger partial charge in [-0.25, -0.2) is 0 Å². The molecule has 0 aliphatic heterocycles. The fourth-order valence-electron chi connectivity index (χ4n) is 2.57. The van der Waals surface area contributed by atoms with Crippen molar-refractivity contribution in [3.8, 4) is 17.4 Å². The zero-order valence-electron chi connectivity index (χ0n) is 11.8. The summed E-state index contributed by atoms with van der Waals surface area (Å²) < 4.78 is 10.1. The van der Waals surface area contributed by atoms with Crippen LogP contribution in [-0.2, 0) is 4.79 Å². The number of carboxylic acid groups (broad SMARTS) is 1. The Hall–Kier alpha value is -2.51. The van der Waals surface area contributed by atoms with Gasteiger partial charge in [0.1, 0.15) is 5.69 Å². The van der Waals surface area contributed by atoms with Gasteiger partial charge >= 0.3 is 5.97 Å². The molecule has 2 heterocycles. The number of methoxy groups -OCH3 is 1. The van der Waals surface area contributed by atoms with Gasteiger partial charge in [0.15, 0.2) is 0 Å². The summed E-state index contributed by atoms with van der Waals surface area (Å²) in [4.78, 5) is 15.4. The minimum absolute atomic E-state index is 0.276. The van der Waals surface area contributed by atoms with Crippen LogP contribution in [0.25, 0.3) is 11.5 Å². The molecule has 1 aliphatic rings. The van der Waals surface area contributed by atoms with E-state index in [9.17, 15) is 9.90 Å². The lowest BCUT2D eigenvalue weighted by Crippen LogP contribution is -2.03. The molecule has 0 aromatic carbocycles. The van der Waals surface area contributed by atoms with Crippen LogP contribution in [0.15, 0.2) is 16.7 Å². The van der Waals surface area contributed by atoms with Gasteiger partial charge in [-0.2, -0.15) is 4.98 Å². The minimum atomic E-state index is -0.853. The van der Waals surface area contributed by atoms with E-state index >= 15 is 0 Å². The summed E-state index contributed by atoms with van der Waals surface area (Å²) in [5, 5.41) is 20.8. The average molecular weight is 290 g/mol. The molecule has 110 valence electrons. The summed E-state index contributed by atoms with van der Waals surface area (Å²) in [5.74, 6) is -0.645. The Labute approximate surface area is 120 Å². The molecule has 2 atom stereocenters. The molecule has 2 aromatic heterocycles. The molecule has 0 bridgehead atoms. The van der Waals surface area contributed by atoms with E-state index in [1.807, 2.05) is 13.8 Å². The maximum absolute atomic E-state index is 11.2. The Morgan fingerprint density at radius 3 is 2.67 bits per heavy atom. The maximum Gasteiger partial charge on any atom is 0.307 e. The van der Waals surface area contributed by atoms with Crippen molar-refractivity contribution >= 4 is 5.97 Å². The summed E-state index contributed by atoms with van der Waals surface area (Å²) in [6.07, 6.45) is 0. The zero-order chi connectivity index (χ0) is 15.2. The summed E-state index contributed by atoms with van der Waals surface area (Å²) in [7, 11) is 1.50. The molecule has 1 fully saturated rings. The molecule has 0 amide bonds. The minimum Gasteiger partial charge on any atom is -0.481 e. The van der Waals surface area contributed by atoms with E-state index in [-0.39, 0.29) is 17.2 Å². The molecule has 1 saturated carbocycles. The van der Waals surface area contributed by atoms with Crippen LogP contribution in [0.2, 0.25) is 0 Å². The Bertz CT molecular complexity index is 680. The fourth-order valence-corrected chi connectivity index (χ4v) is 2.57. The van der Waals surface area contributed by atoms with Gasteiger partial charge in [0.05, 0.1) is 18.9 Å². The van der Waals surface area contributed by atoms with Crippen molar-refractivity contribution in [3.63, 3.8) is 0 Å². The molecule has 3 rings (SSSR count). The quantitative estimate of drug-likeness (QED) is 0.898. The Balaban J connectivity index is 1.85. The van der Waals surface area contributed by atoms with Crippen LogP contribution in [-0.4, -0.2) is 38.5 Å². The van der Waals surface area contributed by atoms with Gasteiger partial charge in [0.25, 0.3) is 0 Å². The number of ether oxygens (including phenoxy) is 1. The number of carboxylic acids is 1. The van der Waals surface area contributed by atoms with Crippen molar-refractivity contribution in [3.05, 3.63) is 18.0 Å². The van der Waals surface area contributed by atoms with Gasteiger partial charge in [0.2, 0.25) is 17.6 Å². The normalized spacial score (nSPS) is 22.8. The monoisotopic (exact) mass is 290 g/mol. The van der Waals surface area contributed by atoms with Gasteiger partial charge in [-0.15, -0.1) is 10.2 Å². The standard InChI is InChI=1S/C13H14N4O4/c1-13(2)8(9(13)12(18)19)11-14-10(17-21-11)6-4-5-7(20-3)16-15-6/h4-5,8-9H,1-3H3,(H,18,19). The highest BCUT2D eigenvalue weighted by molar-refractivity contribution is 5.77. The van der Waals surface area contributed by atoms with Crippen LogP contribution >= 0.6 is 0 Å². The number of hydrogen-bond donors (Lipinski definition) is 1. The van der Waals surface area contributed by atoms with Crippen LogP contribution in [0.3, 0.4) is 0 Å². The van der Waals surface area contributed by atoms with Crippen LogP contribution in [0.4, 0.5) is 0 Å². The van der Waals surface area contributed by atoms with Crippen molar-refractivity contribution in [2.45, 2.75) is 19.8 Å². The van der Waals surface area contributed by atoms with E-state index in [1.165, 1.54) is 7.11 Å². The van der Waals surface area contributed by atoms with Crippen LogP contribution in [0.1, 0.15) is 25.7 Å². The topological polar surface area (TPSA) is 111 Å². The highest BCUT2D eigenvalue weighted by atomic mass is 16.5. The molecule has 0 radical (unpaired) electrons. The smallest absolute Gasteiger partial charge is 0.307 e. The molecule has 1 N–H and O–H groups in total. The second-order valence-electron chi connectivity index (χ2n) is 5.53. The Morgan fingerprint density at radius 2 is 2.14 bits per heavy atom. The highest BCUT2D eigenvalue weighted by Crippen LogP contribution is 2.64. The first-order valence-corrected chi connectivity index (χ1v) is 6.39. The second kappa shape index (κ2) is 4.51. The van der Waals surface area contributed by atoms with Crippen molar-refractivity contribution < 1.29 is 19.2 Å². The Kier molecular flexibility index (Phi) is 2.89. The van der Waals surface area contributed by atoms with E-state index in [1.54, 1.807) is 12.1 Å². The summed E-state index contributed by atoms with van der Waals surface area (Å²) in [6.45, 7) is 3.74. The van der Waals surface area contributed by atoms with Crippen molar-refractivity contribution in [1.82, 2.24) is 20.3 Å². The number of carbonyl (C=O) groups is 1.